The first-order chi connectivity index (χ1) is 9.77. The van der Waals surface area contributed by atoms with Crippen molar-refractivity contribution in [3.8, 4) is 5.75 Å². The molecule has 2 aromatic rings. The highest BCUT2D eigenvalue weighted by atomic mass is 79.9. The molecule has 21 heavy (non-hydrogen) atoms. The van der Waals surface area contributed by atoms with Crippen molar-refractivity contribution in [3.63, 3.8) is 0 Å². The molecule has 0 spiro atoms. The average Bonchev–Trinajstić information content (AvgIpc) is 2.37. The third-order valence-corrected chi connectivity index (χ3v) is 2.99. The van der Waals surface area contributed by atoms with Crippen molar-refractivity contribution in [2.45, 2.75) is 6.18 Å². The Hall–Kier alpha value is -2.09. The molecule has 8 heteroatoms. The van der Waals surface area contributed by atoms with E-state index in [2.05, 4.69) is 26.2 Å². The van der Waals surface area contributed by atoms with Crippen molar-refractivity contribution >= 4 is 27.5 Å². The summed E-state index contributed by atoms with van der Waals surface area (Å²) in [4.78, 5) is 15.5. The van der Waals surface area contributed by atoms with Gasteiger partial charge >= 0.3 is 6.18 Å². The van der Waals surface area contributed by atoms with Gasteiger partial charge in [-0.25, -0.2) is 0 Å². The first-order valence-corrected chi connectivity index (χ1v) is 6.39. The molecule has 1 amide bonds. The molecule has 0 bridgehead atoms. The highest BCUT2D eigenvalue weighted by Crippen LogP contribution is 2.33. The molecule has 0 saturated heterocycles. The van der Waals surface area contributed by atoms with Gasteiger partial charge in [0.2, 0.25) is 0 Å². The molecule has 0 aliphatic heterocycles. The van der Waals surface area contributed by atoms with Gasteiger partial charge in [0.1, 0.15) is 5.75 Å². The van der Waals surface area contributed by atoms with Crippen LogP contribution < -0.4 is 5.32 Å². The smallest absolute Gasteiger partial charge is 0.416 e. The van der Waals surface area contributed by atoms with E-state index in [1.807, 2.05) is 0 Å². The van der Waals surface area contributed by atoms with Crippen LogP contribution in [0.5, 0.6) is 5.75 Å². The highest BCUT2D eigenvalue weighted by molar-refractivity contribution is 9.10. The van der Waals surface area contributed by atoms with Gasteiger partial charge in [-0.2, -0.15) is 13.2 Å². The Kier molecular flexibility index (Phi) is 4.17. The molecule has 0 fully saturated rings. The minimum atomic E-state index is -4.53. The third-order valence-electron chi connectivity index (χ3n) is 2.53. The fourth-order valence-electron chi connectivity index (χ4n) is 1.60. The summed E-state index contributed by atoms with van der Waals surface area (Å²) in [5.41, 5.74) is -1.03. The maximum Gasteiger partial charge on any atom is 0.416 e. The number of hydrogen-bond acceptors (Lipinski definition) is 3. The number of aromatic hydroxyl groups is 1. The standard InChI is InChI=1S/C13H8BrF3N2O2/c14-8-3-7(13(15,16)17)4-9(5-8)19-12(21)10-1-2-18-6-11(10)20/h1-6,20H,(H,19,21). The first kappa shape index (κ1) is 15.3. The van der Waals surface area contributed by atoms with Crippen LogP contribution in [0.15, 0.2) is 41.1 Å². The molecule has 0 atom stereocenters. The summed E-state index contributed by atoms with van der Waals surface area (Å²) in [5.74, 6) is -1.10. The molecule has 0 aliphatic rings. The molecule has 1 heterocycles. The summed E-state index contributed by atoms with van der Waals surface area (Å²) < 4.78 is 38.2. The minimum Gasteiger partial charge on any atom is -0.505 e. The largest absolute Gasteiger partial charge is 0.505 e. The molecule has 4 nitrogen and oxygen atoms in total. The topological polar surface area (TPSA) is 62.2 Å². The highest BCUT2D eigenvalue weighted by Gasteiger charge is 2.31. The van der Waals surface area contributed by atoms with Gasteiger partial charge in [-0.05, 0) is 24.3 Å². The number of alkyl halides is 3. The summed E-state index contributed by atoms with van der Waals surface area (Å²) in [6, 6.07) is 4.29. The second kappa shape index (κ2) is 5.72. The lowest BCUT2D eigenvalue weighted by Gasteiger charge is -2.11. The van der Waals surface area contributed by atoms with Crippen LogP contribution in [0.2, 0.25) is 0 Å². The number of amides is 1. The Bertz CT molecular complexity index is 689. The molecular weight excluding hydrogens is 353 g/mol. The van der Waals surface area contributed by atoms with E-state index in [-0.39, 0.29) is 21.5 Å². The van der Waals surface area contributed by atoms with Crippen molar-refractivity contribution in [2.24, 2.45) is 0 Å². The predicted octanol–water partition coefficient (Wildman–Crippen LogP) is 3.82. The zero-order valence-corrected chi connectivity index (χ0v) is 11.9. The molecule has 0 radical (unpaired) electrons. The molecule has 0 saturated carbocycles. The summed E-state index contributed by atoms with van der Waals surface area (Å²) >= 11 is 2.96. The summed E-state index contributed by atoms with van der Waals surface area (Å²) in [5, 5.41) is 11.8. The number of nitrogens with zero attached hydrogens (tertiary/aromatic N) is 1. The molecule has 2 rings (SSSR count). The van der Waals surface area contributed by atoms with Crippen LogP contribution >= 0.6 is 15.9 Å². The monoisotopic (exact) mass is 360 g/mol. The quantitative estimate of drug-likeness (QED) is 0.855. The Labute approximate surface area is 125 Å². The van der Waals surface area contributed by atoms with Crippen LogP contribution in [0.1, 0.15) is 15.9 Å². The lowest BCUT2D eigenvalue weighted by Crippen LogP contribution is -2.13. The van der Waals surface area contributed by atoms with E-state index >= 15 is 0 Å². The zero-order chi connectivity index (χ0) is 15.6. The van der Waals surface area contributed by atoms with Gasteiger partial charge in [-0.15, -0.1) is 0 Å². The van der Waals surface area contributed by atoms with Crippen molar-refractivity contribution in [2.75, 3.05) is 5.32 Å². The number of aromatic nitrogens is 1. The summed E-state index contributed by atoms with van der Waals surface area (Å²) in [7, 11) is 0. The first-order valence-electron chi connectivity index (χ1n) is 5.59. The number of anilines is 1. The van der Waals surface area contributed by atoms with Gasteiger partial charge in [0.05, 0.1) is 17.3 Å². The predicted molar refractivity (Wildman–Crippen MR) is 73.0 cm³/mol. The van der Waals surface area contributed by atoms with Crippen molar-refractivity contribution < 1.29 is 23.1 Å². The summed E-state index contributed by atoms with van der Waals surface area (Å²) in [6.45, 7) is 0. The number of pyridine rings is 1. The number of rotatable bonds is 2. The molecule has 110 valence electrons. The molecular formula is C13H8BrF3N2O2. The van der Waals surface area contributed by atoms with E-state index in [4.69, 9.17) is 0 Å². The number of nitrogens with one attached hydrogen (secondary N) is 1. The Balaban J connectivity index is 2.30. The maximum absolute atomic E-state index is 12.7. The fraction of sp³-hybridized carbons (Fsp3) is 0.0769. The molecule has 1 aromatic carbocycles. The van der Waals surface area contributed by atoms with E-state index in [0.29, 0.717) is 0 Å². The van der Waals surface area contributed by atoms with Crippen LogP contribution in [0.4, 0.5) is 18.9 Å². The molecule has 1 aromatic heterocycles. The van der Waals surface area contributed by atoms with E-state index in [9.17, 15) is 23.1 Å². The van der Waals surface area contributed by atoms with E-state index < -0.39 is 17.6 Å². The Morgan fingerprint density at radius 1 is 1.29 bits per heavy atom. The van der Waals surface area contributed by atoms with Gasteiger partial charge in [-0.3, -0.25) is 9.78 Å². The van der Waals surface area contributed by atoms with Crippen LogP contribution in [0, 0.1) is 0 Å². The number of carbonyl (C=O) groups excluding carboxylic acids is 1. The SMILES string of the molecule is O=C(Nc1cc(Br)cc(C(F)(F)F)c1)c1ccncc1O. The van der Waals surface area contributed by atoms with Crippen LogP contribution in [0.25, 0.3) is 0 Å². The third kappa shape index (κ3) is 3.72. The van der Waals surface area contributed by atoms with Crippen LogP contribution in [-0.2, 0) is 6.18 Å². The maximum atomic E-state index is 12.7. The van der Waals surface area contributed by atoms with Crippen molar-refractivity contribution in [1.82, 2.24) is 4.98 Å². The van der Waals surface area contributed by atoms with Crippen molar-refractivity contribution in [1.29, 1.82) is 0 Å². The Morgan fingerprint density at radius 2 is 2.00 bits per heavy atom. The normalized spacial score (nSPS) is 11.2. The van der Waals surface area contributed by atoms with E-state index in [1.54, 1.807) is 0 Å². The van der Waals surface area contributed by atoms with Gasteiger partial charge in [0.25, 0.3) is 5.91 Å². The fourth-order valence-corrected chi connectivity index (χ4v) is 2.10. The number of carbonyl (C=O) groups is 1. The second-order valence-corrected chi connectivity index (χ2v) is 4.99. The van der Waals surface area contributed by atoms with Gasteiger partial charge in [0, 0.05) is 16.4 Å². The van der Waals surface area contributed by atoms with Crippen LogP contribution in [0.3, 0.4) is 0 Å². The average molecular weight is 361 g/mol. The zero-order valence-electron chi connectivity index (χ0n) is 10.3. The molecule has 0 unspecified atom stereocenters. The molecule has 0 aliphatic carbocycles. The van der Waals surface area contributed by atoms with E-state index in [0.717, 1.165) is 18.3 Å². The number of hydrogen-bond donors (Lipinski definition) is 2. The Morgan fingerprint density at radius 3 is 2.62 bits per heavy atom. The lowest BCUT2D eigenvalue weighted by molar-refractivity contribution is -0.137. The van der Waals surface area contributed by atoms with Gasteiger partial charge in [0.15, 0.2) is 0 Å². The van der Waals surface area contributed by atoms with Gasteiger partial charge in [-0.1, -0.05) is 15.9 Å². The number of halogens is 4. The number of benzene rings is 1. The lowest BCUT2D eigenvalue weighted by atomic mass is 10.1. The summed E-state index contributed by atoms with van der Waals surface area (Å²) in [6.07, 6.45) is -2.17. The second-order valence-electron chi connectivity index (χ2n) is 4.07. The van der Waals surface area contributed by atoms with E-state index in [1.165, 1.54) is 18.3 Å². The van der Waals surface area contributed by atoms with Crippen LogP contribution in [-0.4, -0.2) is 16.0 Å². The molecule has 2 N–H and O–H groups in total. The van der Waals surface area contributed by atoms with Gasteiger partial charge < -0.3 is 10.4 Å². The van der Waals surface area contributed by atoms with Crippen molar-refractivity contribution in [3.05, 3.63) is 52.3 Å². The minimum absolute atomic E-state index is 0.0436.